The summed E-state index contributed by atoms with van der Waals surface area (Å²) >= 11 is 0. The highest BCUT2D eigenvalue weighted by molar-refractivity contribution is 5.25. The molecule has 168 valence electrons. The van der Waals surface area contributed by atoms with Crippen molar-refractivity contribution in [2.24, 2.45) is 17.8 Å². The molecule has 2 nitrogen and oxygen atoms in total. The molecule has 7 heteroatoms. The molecule has 2 aliphatic rings. The van der Waals surface area contributed by atoms with Crippen LogP contribution in [0.3, 0.4) is 0 Å². The van der Waals surface area contributed by atoms with Gasteiger partial charge in [0.15, 0.2) is 17.5 Å². The van der Waals surface area contributed by atoms with Crippen LogP contribution in [0.2, 0.25) is 0 Å². The lowest BCUT2D eigenvalue weighted by molar-refractivity contribution is -0.223. The Balaban J connectivity index is 1.47. The molecule has 2 saturated carbocycles. The first-order chi connectivity index (χ1) is 14.3. The van der Waals surface area contributed by atoms with Gasteiger partial charge in [0, 0.05) is 18.7 Å². The first-order valence-corrected chi connectivity index (χ1v) is 10.8. The van der Waals surface area contributed by atoms with Gasteiger partial charge in [-0.2, -0.15) is 8.78 Å². The van der Waals surface area contributed by atoms with Crippen LogP contribution in [0.4, 0.5) is 22.0 Å². The Hall–Kier alpha value is -1.63. The van der Waals surface area contributed by atoms with Gasteiger partial charge in [-0.25, -0.2) is 13.2 Å². The molecule has 2 aliphatic carbocycles. The zero-order valence-corrected chi connectivity index (χ0v) is 17.2. The normalized spacial score (nSPS) is 28.1. The van der Waals surface area contributed by atoms with E-state index in [1.807, 2.05) is 6.92 Å². The number of hydrogen-bond donors (Lipinski definition) is 0. The molecular weight excluding hydrogens is 403 g/mol. The Kier molecular flexibility index (Phi) is 7.77. The van der Waals surface area contributed by atoms with Gasteiger partial charge in [-0.05, 0) is 70.1 Å². The average molecular weight is 432 g/mol. The first kappa shape index (κ1) is 23.0. The van der Waals surface area contributed by atoms with Gasteiger partial charge in [0.1, 0.15) is 5.75 Å². The monoisotopic (exact) mass is 432 g/mol. The third kappa shape index (κ3) is 5.96. The van der Waals surface area contributed by atoms with E-state index in [9.17, 15) is 22.0 Å². The molecule has 30 heavy (non-hydrogen) atoms. The summed E-state index contributed by atoms with van der Waals surface area (Å²) in [6, 6.07) is 0.891. The van der Waals surface area contributed by atoms with Crippen LogP contribution in [-0.4, -0.2) is 18.8 Å². The maximum absolute atomic E-state index is 14.5. The third-order valence-electron chi connectivity index (χ3n) is 6.24. The van der Waals surface area contributed by atoms with Gasteiger partial charge in [-0.1, -0.05) is 12.2 Å². The maximum Gasteiger partial charge on any atom is 0.400 e. The van der Waals surface area contributed by atoms with Crippen LogP contribution < -0.4 is 4.74 Å². The topological polar surface area (TPSA) is 18.5 Å². The lowest BCUT2D eigenvalue weighted by atomic mass is 9.80. The van der Waals surface area contributed by atoms with Crippen LogP contribution in [0.5, 0.6) is 5.75 Å². The van der Waals surface area contributed by atoms with Crippen molar-refractivity contribution in [3.63, 3.8) is 0 Å². The van der Waals surface area contributed by atoms with Crippen molar-refractivity contribution in [3.05, 3.63) is 41.7 Å². The van der Waals surface area contributed by atoms with Crippen LogP contribution in [0.25, 0.3) is 0 Å². The summed E-state index contributed by atoms with van der Waals surface area (Å²) < 4.78 is 78.7. The molecule has 2 fully saturated rings. The van der Waals surface area contributed by atoms with E-state index in [1.165, 1.54) is 0 Å². The number of rotatable bonds is 7. The van der Waals surface area contributed by atoms with Crippen molar-refractivity contribution in [2.75, 3.05) is 6.61 Å². The Morgan fingerprint density at radius 1 is 0.867 bits per heavy atom. The van der Waals surface area contributed by atoms with Crippen LogP contribution in [0.1, 0.15) is 58.3 Å². The molecule has 0 saturated heterocycles. The lowest BCUT2D eigenvalue weighted by Crippen LogP contribution is -2.37. The molecule has 0 N–H and O–H groups in total. The van der Waals surface area contributed by atoms with Gasteiger partial charge in [0.25, 0.3) is 0 Å². The molecule has 0 bridgehead atoms. The van der Waals surface area contributed by atoms with Crippen molar-refractivity contribution in [2.45, 2.75) is 70.5 Å². The molecule has 0 heterocycles. The molecule has 3 rings (SSSR count). The van der Waals surface area contributed by atoms with Gasteiger partial charge >= 0.3 is 6.11 Å². The predicted molar refractivity (Wildman–Crippen MR) is 104 cm³/mol. The smallest absolute Gasteiger partial charge is 0.400 e. The Labute approximate surface area is 174 Å². The van der Waals surface area contributed by atoms with Crippen molar-refractivity contribution in [1.82, 2.24) is 0 Å². The summed E-state index contributed by atoms with van der Waals surface area (Å²) in [5.74, 6) is -5.78. The second-order valence-electron chi connectivity index (χ2n) is 8.35. The number of ether oxygens (including phenoxy) is 2. The van der Waals surface area contributed by atoms with Crippen molar-refractivity contribution >= 4 is 0 Å². The van der Waals surface area contributed by atoms with Gasteiger partial charge in [-0.3, -0.25) is 0 Å². The van der Waals surface area contributed by atoms with Crippen LogP contribution in [0.15, 0.2) is 24.3 Å². The summed E-state index contributed by atoms with van der Waals surface area (Å²) in [6.45, 7) is 2.75. The van der Waals surface area contributed by atoms with Crippen LogP contribution >= 0.6 is 0 Å². The summed E-state index contributed by atoms with van der Waals surface area (Å²) in [4.78, 5) is 0. The van der Waals surface area contributed by atoms with Gasteiger partial charge < -0.3 is 9.47 Å². The Morgan fingerprint density at radius 2 is 1.37 bits per heavy atom. The van der Waals surface area contributed by atoms with E-state index in [1.54, 1.807) is 0 Å². The number of benzene rings is 1. The summed E-state index contributed by atoms with van der Waals surface area (Å²) in [6.07, 6.45) is 7.21. The minimum atomic E-state index is -3.57. The fourth-order valence-corrected chi connectivity index (χ4v) is 4.48. The zero-order chi connectivity index (χ0) is 21.7. The highest BCUT2D eigenvalue weighted by Gasteiger charge is 2.44. The SMILES string of the molecule is CCOC1CCC(/C=C/C2CCC(C(F)(F)Oc3cc(F)c(F)c(F)c3)CC2)CC1. The van der Waals surface area contributed by atoms with Gasteiger partial charge in [0.05, 0.1) is 12.0 Å². The number of alkyl halides is 2. The van der Waals surface area contributed by atoms with Gasteiger partial charge in [-0.15, -0.1) is 0 Å². The highest BCUT2D eigenvalue weighted by Crippen LogP contribution is 2.41. The van der Waals surface area contributed by atoms with Crippen molar-refractivity contribution in [3.8, 4) is 5.75 Å². The summed E-state index contributed by atoms with van der Waals surface area (Å²) in [7, 11) is 0. The average Bonchev–Trinajstić information content (AvgIpc) is 2.72. The quantitative estimate of drug-likeness (QED) is 0.262. The zero-order valence-electron chi connectivity index (χ0n) is 17.2. The molecule has 0 radical (unpaired) electrons. The molecule has 0 spiro atoms. The summed E-state index contributed by atoms with van der Waals surface area (Å²) in [5, 5.41) is 0. The van der Waals surface area contributed by atoms with Crippen molar-refractivity contribution < 1.29 is 31.4 Å². The Bertz CT molecular complexity index is 697. The molecule has 1 aromatic carbocycles. The second kappa shape index (κ2) is 10.1. The largest absolute Gasteiger partial charge is 0.432 e. The van der Waals surface area contributed by atoms with Crippen LogP contribution in [0, 0.1) is 35.2 Å². The standard InChI is InChI=1S/C23H29F5O2/c1-2-29-18-11-7-16(8-12-18)4-3-15-5-9-17(10-6-15)23(27,28)30-19-13-20(24)22(26)21(25)14-19/h3-4,13-18H,2,5-12H2,1H3/b4-3+. The fraction of sp³-hybridized carbons (Fsp3) is 0.652. The Morgan fingerprint density at radius 3 is 1.87 bits per heavy atom. The highest BCUT2D eigenvalue weighted by atomic mass is 19.3. The number of halogens is 5. The first-order valence-electron chi connectivity index (χ1n) is 10.8. The van der Waals surface area contributed by atoms with E-state index >= 15 is 0 Å². The molecule has 1 aromatic rings. The number of hydrogen-bond acceptors (Lipinski definition) is 2. The molecule has 0 unspecified atom stereocenters. The predicted octanol–water partition coefficient (Wildman–Crippen LogP) is 7.03. The van der Waals surface area contributed by atoms with E-state index in [-0.39, 0.29) is 18.8 Å². The van der Waals surface area contributed by atoms with E-state index < -0.39 is 35.2 Å². The lowest BCUT2D eigenvalue weighted by Gasteiger charge is -2.32. The second-order valence-corrected chi connectivity index (χ2v) is 8.35. The van der Waals surface area contributed by atoms with Crippen molar-refractivity contribution in [1.29, 1.82) is 0 Å². The minimum absolute atomic E-state index is 0.252. The molecule has 0 atom stereocenters. The van der Waals surface area contributed by atoms with Crippen LogP contribution in [-0.2, 0) is 4.74 Å². The molecule has 0 aliphatic heterocycles. The fourth-order valence-electron chi connectivity index (χ4n) is 4.48. The molecule has 0 amide bonds. The number of allylic oxidation sites excluding steroid dienone is 2. The third-order valence-corrected chi connectivity index (χ3v) is 6.24. The van der Waals surface area contributed by atoms with E-state index in [4.69, 9.17) is 4.74 Å². The maximum atomic E-state index is 14.5. The van der Waals surface area contributed by atoms with E-state index in [0.29, 0.717) is 37.0 Å². The molecular formula is C23H29F5O2. The minimum Gasteiger partial charge on any atom is -0.432 e. The van der Waals surface area contributed by atoms with E-state index in [0.717, 1.165) is 32.3 Å². The molecule has 0 aromatic heterocycles. The van der Waals surface area contributed by atoms with E-state index in [2.05, 4.69) is 16.9 Å². The van der Waals surface area contributed by atoms with Gasteiger partial charge in [0.2, 0.25) is 0 Å². The summed E-state index contributed by atoms with van der Waals surface area (Å²) in [5.41, 5.74) is 0.